The first kappa shape index (κ1) is 24.7. The molecule has 0 spiro atoms. The molecule has 2 aliphatic rings. The van der Waals surface area contributed by atoms with Crippen molar-refractivity contribution in [1.29, 1.82) is 0 Å². The van der Waals surface area contributed by atoms with Gasteiger partial charge in [0.15, 0.2) is 0 Å². The Hall–Kier alpha value is -3.39. The molecule has 8 heteroatoms. The number of hydrogen-bond donors (Lipinski definition) is 3. The number of alkyl carbamates (subject to hydrolysis) is 1. The summed E-state index contributed by atoms with van der Waals surface area (Å²) in [5, 5.41) is 14.7. The molecule has 0 saturated carbocycles. The second kappa shape index (κ2) is 10.9. The zero-order valence-corrected chi connectivity index (χ0v) is 20.2. The molecule has 2 aromatic rings. The molecule has 1 saturated heterocycles. The number of amides is 2. The Bertz CT molecular complexity index is 1030. The first-order valence-electron chi connectivity index (χ1n) is 12.2. The summed E-state index contributed by atoms with van der Waals surface area (Å²) in [6.45, 7) is 3.94. The lowest BCUT2D eigenvalue weighted by Crippen LogP contribution is -2.52. The smallest absolute Gasteiger partial charge is 0.407 e. The van der Waals surface area contributed by atoms with E-state index in [9.17, 15) is 19.5 Å². The standard InChI is InChI=1S/C27H33N3O5/c1-17(18-11-13-30(2)14-12-18)28-26(33)24(15-25(31)32)29-27(34)35-16-23-21-9-5-3-7-19(21)20-8-4-6-10-22(20)23/h3-10,17-18,23-24H,11-16H2,1-2H3,(H,28,33)(H,29,34)(H,31,32). The Morgan fingerprint density at radius 3 is 2.14 bits per heavy atom. The van der Waals surface area contributed by atoms with E-state index in [1.165, 1.54) is 0 Å². The minimum Gasteiger partial charge on any atom is -0.481 e. The summed E-state index contributed by atoms with van der Waals surface area (Å²) in [5.74, 6) is -1.48. The van der Waals surface area contributed by atoms with Crippen LogP contribution in [0.25, 0.3) is 11.1 Å². The molecule has 0 aromatic heterocycles. The fraction of sp³-hybridized carbons (Fsp3) is 0.444. The number of carbonyl (C=O) groups is 3. The fourth-order valence-electron chi connectivity index (χ4n) is 5.14. The molecule has 1 aliphatic heterocycles. The van der Waals surface area contributed by atoms with E-state index in [1.807, 2.05) is 55.5 Å². The van der Waals surface area contributed by atoms with E-state index in [-0.39, 0.29) is 18.6 Å². The number of hydrogen-bond acceptors (Lipinski definition) is 5. The molecular formula is C27H33N3O5. The number of carboxylic acid groups (broad SMARTS) is 1. The number of nitrogens with one attached hydrogen (secondary N) is 2. The van der Waals surface area contributed by atoms with Crippen LogP contribution in [0.1, 0.15) is 43.2 Å². The molecule has 1 heterocycles. The fourth-order valence-corrected chi connectivity index (χ4v) is 5.14. The van der Waals surface area contributed by atoms with Gasteiger partial charge in [0.1, 0.15) is 12.6 Å². The normalized spacial score (nSPS) is 17.7. The van der Waals surface area contributed by atoms with Gasteiger partial charge < -0.3 is 25.4 Å². The van der Waals surface area contributed by atoms with Crippen molar-refractivity contribution in [2.75, 3.05) is 26.7 Å². The molecule has 0 bridgehead atoms. The molecule has 1 aliphatic carbocycles. The van der Waals surface area contributed by atoms with E-state index < -0.39 is 30.4 Å². The van der Waals surface area contributed by atoms with Crippen molar-refractivity contribution in [2.24, 2.45) is 5.92 Å². The molecule has 2 atom stereocenters. The summed E-state index contributed by atoms with van der Waals surface area (Å²) >= 11 is 0. The van der Waals surface area contributed by atoms with E-state index in [0.29, 0.717) is 5.92 Å². The largest absolute Gasteiger partial charge is 0.481 e. The molecule has 2 aromatic carbocycles. The van der Waals surface area contributed by atoms with Crippen molar-refractivity contribution in [3.05, 3.63) is 59.7 Å². The molecule has 8 nitrogen and oxygen atoms in total. The molecule has 2 amide bonds. The van der Waals surface area contributed by atoms with Crippen LogP contribution >= 0.6 is 0 Å². The Kier molecular flexibility index (Phi) is 7.70. The molecule has 3 N–H and O–H groups in total. The molecule has 4 rings (SSSR count). The maximum Gasteiger partial charge on any atom is 0.407 e. The van der Waals surface area contributed by atoms with Crippen molar-refractivity contribution in [2.45, 2.75) is 44.2 Å². The van der Waals surface area contributed by atoms with Gasteiger partial charge in [0, 0.05) is 12.0 Å². The number of fused-ring (bicyclic) bond motifs is 3. The first-order valence-corrected chi connectivity index (χ1v) is 12.2. The highest BCUT2D eigenvalue weighted by Crippen LogP contribution is 2.44. The van der Waals surface area contributed by atoms with Gasteiger partial charge in [0.2, 0.25) is 5.91 Å². The molecular weight excluding hydrogens is 446 g/mol. The third kappa shape index (κ3) is 5.82. The predicted molar refractivity (Wildman–Crippen MR) is 132 cm³/mol. The lowest BCUT2D eigenvalue weighted by atomic mass is 9.90. The SMILES string of the molecule is CC(NC(=O)C(CC(=O)O)NC(=O)OCC1c2ccccc2-c2ccccc21)C1CCN(C)CC1. The number of piperidine rings is 1. The van der Waals surface area contributed by atoms with Gasteiger partial charge in [-0.05, 0) is 68.1 Å². The number of aliphatic carboxylic acids is 1. The minimum atomic E-state index is -1.21. The zero-order valence-electron chi connectivity index (χ0n) is 20.2. The minimum absolute atomic E-state index is 0.0905. The van der Waals surface area contributed by atoms with E-state index in [0.717, 1.165) is 48.2 Å². The van der Waals surface area contributed by atoms with Crippen LogP contribution in [0, 0.1) is 5.92 Å². The topological polar surface area (TPSA) is 108 Å². The van der Waals surface area contributed by atoms with Crippen molar-refractivity contribution in [1.82, 2.24) is 15.5 Å². The second-order valence-corrected chi connectivity index (χ2v) is 9.56. The van der Waals surface area contributed by atoms with Crippen LogP contribution < -0.4 is 10.6 Å². The van der Waals surface area contributed by atoms with Gasteiger partial charge in [-0.15, -0.1) is 0 Å². The Balaban J connectivity index is 1.37. The van der Waals surface area contributed by atoms with Crippen LogP contribution in [0.3, 0.4) is 0 Å². The van der Waals surface area contributed by atoms with Crippen molar-refractivity contribution < 1.29 is 24.2 Å². The van der Waals surface area contributed by atoms with Crippen LogP contribution in [0.4, 0.5) is 4.79 Å². The summed E-state index contributed by atoms with van der Waals surface area (Å²) in [7, 11) is 2.07. The molecule has 35 heavy (non-hydrogen) atoms. The number of ether oxygens (including phenoxy) is 1. The maximum atomic E-state index is 12.9. The van der Waals surface area contributed by atoms with E-state index in [2.05, 4.69) is 22.6 Å². The number of carbonyl (C=O) groups excluding carboxylic acids is 2. The van der Waals surface area contributed by atoms with Crippen LogP contribution in [0.5, 0.6) is 0 Å². The average molecular weight is 480 g/mol. The highest BCUT2D eigenvalue weighted by molar-refractivity contribution is 5.89. The molecule has 1 fully saturated rings. The van der Waals surface area contributed by atoms with Crippen LogP contribution in [-0.4, -0.2) is 66.8 Å². The van der Waals surface area contributed by atoms with Crippen LogP contribution in [0.2, 0.25) is 0 Å². The lowest BCUT2D eigenvalue weighted by Gasteiger charge is -2.33. The summed E-state index contributed by atoms with van der Waals surface area (Å²) in [6.07, 6.45) is 0.596. The van der Waals surface area contributed by atoms with Gasteiger partial charge >= 0.3 is 12.1 Å². The van der Waals surface area contributed by atoms with E-state index >= 15 is 0 Å². The van der Waals surface area contributed by atoms with Crippen LogP contribution in [0.15, 0.2) is 48.5 Å². The summed E-state index contributed by atoms with van der Waals surface area (Å²) < 4.78 is 5.51. The highest BCUT2D eigenvalue weighted by Gasteiger charge is 2.31. The zero-order chi connectivity index (χ0) is 24.9. The third-order valence-corrected chi connectivity index (χ3v) is 7.17. The van der Waals surface area contributed by atoms with Crippen molar-refractivity contribution in [3.63, 3.8) is 0 Å². The van der Waals surface area contributed by atoms with Gasteiger partial charge in [-0.2, -0.15) is 0 Å². The van der Waals surface area contributed by atoms with E-state index in [1.54, 1.807) is 0 Å². The second-order valence-electron chi connectivity index (χ2n) is 9.56. The maximum absolute atomic E-state index is 12.9. The number of carboxylic acids is 1. The average Bonchev–Trinajstić information content (AvgIpc) is 3.16. The molecule has 2 unspecified atom stereocenters. The monoisotopic (exact) mass is 479 g/mol. The Morgan fingerprint density at radius 2 is 1.57 bits per heavy atom. The summed E-state index contributed by atoms with van der Waals surface area (Å²) in [6, 6.07) is 14.7. The quantitative estimate of drug-likeness (QED) is 0.537. The third-order valence-electron chi connectivity index (χ3n) is 7.17. The van der Waals surface area contributed by atoms with Crippen LogP contribution in [-0.2, 0) is 14.3 Å². The van der Waals surface area contributed by atoms with Gasteiger partial charge in [0.05, 0.1) is 6.42 Å². The van der Waals surface area contributed by atoms with E-state index in [4.69, 9.17) is 4.74 Å². The number of likely N-dealkylation sites (tertiary alicyclic amines) is 1. The summed E-state index contributed by atoms with van der Waals surface area (Å²) in [5.41, 5.74) is 4.38. The van der Waals surface area contributed by atoms with Crippen molar-refractivity contribution in [3.8, 4) is 11.1 Å². The number of nitrogens with zero attached hydrogens (tertiary/aromatic N) is 1. The van der Waals surface area contributed by atoms with Gasteiger partial charge in [-0.25, -0.2) is 4.79 Å². The lowest BCUT2D eigenvalue weighted by molar-refractivity contribution is -0.140. The first-order chi connectivity index (χ1) is 16.8. The van der Waals surface area contributed by atoms with Gasteiger partial charge in [-0.3, -0.25) is 9.59 Å². The number of benzene rings is 2. The molecule has 186 valence electrons. The van der Waals surface area contributed by atoms with Gasteiger partial charge in [-0.1, -0.05) is 48.5 Å². The van der Waals surface area contributed by atoms with Crippen molar-refractivity contribution >= 4 is 18.0 Å². The Labute approximate surface area is 205 Å². The van der Waals surface area contributed by atoms with Gasteiger partial charge in [0.25, 0.3) is 0 Å². The highest BCUT2D eigenvalue weighted by atomic mass is 16.5. The predicted octanol–water partition coefficient (Wildman–Crippen LogP) is 3.21. The Morgan fingerprint density at radius 1 is 1.00 bits per heavy atom. The molecule has 0 radical (unpaired) electrons. The summed E-state index contributed by atoms with van der Waals surface area (Å²) in [4.78, 5) is 39.1. The number of rotatable bonds is 8.